The third kappa shape index (κ3) is 7.14. The SMILES string of the molecule is CCCN(CCc1cc(OC)ccc1OC)C(=O)c1ccccc1-c1ccccc1C(=O)N(C)Cc1ccccc1. The third-order valence-corrected chi connectivity index (χ3v) is 7.13. The molecule has 4 aromatic rings. The van der Waals surface area contributed by atoms with Gasteiger partial charge in [-0.25, -0.2) is 0 Å². The van der Waals surface area contributed by atoms with Crippen molar-refractivity contribution in [3.8, 4) is 22.6 Å². The summed E-state index contributed by atoms with van der Waals surface area (Å²) in [5.74, 6) is 1.35. The predicted octanol–water partition coefficient (Wildman–Crippen LogP) is 6.74. The van der Waals surface area contributed by atoms with Crippen LogP contribution < -0.4 is 9.47 Å². The van der Waals surface area contributed by atoms with E-state index in [9.17, 15) is 9.59 Å². The summed E-state index contributed by atoms with van der Waals surface area (Å²) in [7, 11) is 5.09. The Kier molecular flexibility index (Phi) is 10.2. The van der Waals surface area contributed by atoms with E-state index in [0.29, 0.717) is 37.2 Å². The summed E-state index contributed by atoms with van der Waals surface area (Å²) in [6, 6.07) is 30.7. The number of amides is 2. The first-order valence-electron chi connectivity index (χ1n) is 13.9. The molecular weight excluding hydrogens is 512 g/mol. The van der Waals surface area contributed by atoms with Gasteiger partial charge in [-0.1, -0.05) is 73.7 Å². The Labute approximate surface area is 243 Å². The van der Waals surface area contributed by atoms with Crippen LogP contribution >= 0.6 is 0 Å². The van der Waals surface area contributed by atoms with Gasteiger partial charge in [0, 0.05) is 37.8 Å². The van der Waals surface area contributed by atoms with E-state index < -0.39 is 0 Å². The zero-order valence-corrected chi connectivity index (χ0v) is 24.3. The average Bonchev–Trinajstić information content (AvgIpc) is 3.02. The number of benzene rings is 4. The lowest BCUT2D eigenvalue weighted by Gasteiger charge is -2.25. The van der Waals surface area contributed by atoms with Crippen molar-refractivity contribution in [2.45, 2.75) is 26.3 Å². The van der Waals surface area contributed by atoms with E-state index in [0.717, 1.165) is 40.2 Å². The van der Waals surface area contributed by atoms with Gasteiger partial charge in [0.2, 0.25) is 0 Å². The minimum Gasteiger partial charge on any atom is -0.497 e. The molecule has 0 aliphatic carbocycles. The molecule has 6 heteroatoms. The van der Waals surface area contributed by atoms with Crippen LogP contribution in [0.25, 0.3) is 11.1 Å². The smallest absolute Gasteiger partial charge is 0.254 e. The lowest BCUT2D eigenvalue weighted by molar-refractivity contribution is 0.0755. The molecule has 0 atom stereocenters. The Balaban J connectivity index is 1.62. The van der Waals surface area contributed by atoms with Gasteiger partial charge in [-0.2, -0.15) is 0 Å². The number of carbonyl (C=O) groups excluding carboxylic acids is 2. The molecule has 2 amide bonds. The van der Waals surface area contributed by atoms with E-state index in [1.165, 1.54) is 0 Å². The molecule has 4 rings (SSSR count). The summed E-state index contributed by atoms with van der Waals surface area (Å²) in [4.78, 5) is 31.3. The first-order valence-corrected chi connectivity index (χ1v) is 13.9. The monoisotopic (exact) mass is 550 g/mol. The molecule has 4 aromatic carbocycles. The van der Waals surface area contributed by atoms with Gasteiger partial charge in [-0.05, 0) is 65.4 Å². The highest BCUT2D eigenvalue weighted by molar-refractivity contribution is 6.06. The molecule has 0 aromatic heterocycles. The van der Waals surface area contributed by atoms with E-state index in [2.05, 4.69) is 6.92 Å². The molecule has 0 radical (unpaired) electrons. The van der Waals surface area contributed by atoms with Crippen LogP contribution in [0.5, 0.6) is 11.5 Å². The second-order valence-electron chi connectivity index (χ2n) is 9.96. The van der Waals surface area contributed by atoms with E-state index in [4.69, 9.17) is 9.47 Å². The van der Waals surface area contributed by atoms with Crippen LogP contribution in [0.15, 0.2) is 97.1 Å². The van der Waals surface area contributed by atoms with Gasteiger partial charge in [0.05, 0.1) is 14.2 Å². The van der Waals surface area contributed by atoms with E-state index in [1.54, 1.807) is 26.2 Å². The Hall–Kier alpha value is -4.58. The van der Waals surface area contributed by atoms with Crippen LogP contribution in [0, 0.1) is 0 Å². The Bertz CT molecular complexity index is 1470. The maximum atomic E-state index is 14.1. The Morgan fingerprint density at radius 2 is 1.32 bits per heavy atom. The van der Waals surface area contributed by atoms with E-state index in [1.807, 2.05) is 102 Å². The fourth-order valence-electron chi connectivity index (χ4n) is 5.03. The van der Waals surface area contributed by atoms with Crippen molar-refractivity contribution >= 4 is 11.8 Å². The molecule has 0 spiro atoms. The summed E-state index contributed by atoms with van der Waals surface area (Å²) >= 11 is 0. The predicted molar refractivity (Wildman–Crippen MR) is 164 cm³/mol. The molecule has 41 heavy (non-hydrogen) atoms. The largest absolute Gasteiger partial charge is 0.497 e. The molecule has 0 heterocycles. The topological polar surface area (TPSA) is 59.1 Å². The number of methoxy groups -OCH3 is 2. The van der Waals surface area contributed by atoms with E-state index in [-0.39, 0.29) is 11.8 Å². The van der Waals surface area contributed by atoms with Crippen LogP contribution in [0.2, 0.25) is 0 Å². The highest BCUT2D eigenvalue weighted by Gasteiger charge is 2.23. The Morgan fingerprint density at radius 3 is 1.93 bits per heavy atom. The zero-order chi connectivity index (χ0) is 29.2. The van der Waals surface area contributed by atoms with Crippen molar-refractivity contribution in [2.75, 3.05) is 34.4 Å². The lowest BCUT2D eigenvalue weighted by Crippen LogP contribution is -2.34. The van der Waals surface area contributed by atoms with Crippen molar-refractivity contribution in [1.82, 2.24) is 9.80 Å². The second kappa shape index (κ2) is 14.2. The van der Waals surface area contributed by atoms with E-state index >= 15 is 0 Å². The molecule has 0 unspecified atom stereocenters. The molecule has 0 fully saturated rings. The second-order valence-corrected chi connectivity index (χ2v) is 9.96. The lowest BCUT2D eigenvalue weighted by atomic mass is 9.94. The number of carbonyl (C=O) groups is 2. The summed E-state index contributed by atoms with van der Waals surface area (Å²) in [6.45, 7) is 3.69. The van der Waals surface area contributed by atoms with Crippen molar-refractivity contribution in [1.29, 1.82) is 0 Å². The van der Waals surface area contributed by atoms with Gasteiger partial charge in [-0.15, -0.1) is 0 Å². The summed E-state index contributed by atoms with van der Waals surface area (Å²) in [5.41, 5.74) is 4.66. The van der Waals surface area contributed by atoms with Gasteiger partial charge in [0.25, 0.3) is 11.8 Å². The molecule has 212 valence electrons. The third-order valence-electron chi connectivity index (χ3n) is 7.13. The van der Waals surface area contributed by atoms with Crippen LogP contribution in [0.3, 0.4) is 0 Å². The van der Waals surface area contributed by atoms with Gasteiger partial charge < -0.3 is 19.3 Å². The van der Waals surface area contributed by atoms with Crippen molar-refractivity contribution in [2.24, 2.45) is 0 Å². The summed E-state index contributed by atoms with van der Waals surface area (Å²) in [6.07, 6.45) is 1.44. The van der Waals surface area contributed by atoms with Crippen LogP contribution in [0.1, 0.15) is 45.2 Å². The molecular formula is C35H38N2O4. The highest BCUT2D eigenvalue weighted by atomic mass is 16.5. The van der Waals surface area contributed by atoms with Crippen LogP contribution in [-0.4, -0.2) is 56.0 Å². The maximum absolute atomic E-state index is 14.1. The summed E-state index contributed by atoms with van der Waals surface area (Å²) < 4.78 is 11.0. The number of hydrogen-bond donors (Lipinski definition) is 0. The van der Waals surface area contributed by atoms with Crippen molar-refractivity contribution in [3.63, 3.8) is 0 Å². The molecule has 0 N–H and O–H groups in total. The van der Waals surface area contributed by atoms with Crippen molar-refractivity contribution in [3.05, 3.63) is 119 Å². The fraction of sp³-hybridized carbons (Fsp3) is 0.257. The minimum absolute atomic E-state index is 0.0656. The molecule has 0 saturated carbocycles. The highest BCUT2D eigenvalue weighted by Crippen LogP contribution is 2.30. The quantitative estimate of drug-likeness (QED) is 0.196. The zero-order valence-electron chi connectivity index (χ0n) is 24.3. The minimum atomic E-state index is -0.0951. The normalized spacial score (nSPS) is 10.6. The first-order chi connectivity index (χ1) is 20.0. The number of ether oxygens (including phenoxy) is 2. The molecule has 0 aliphatic rings. The van der Waals surface area contributed by atoms with Gasteiger partial charge in [-0.3, -0.25) is 9.59 Å². The molecule has 0 saturated heterocycles. The standard InChI is InChI=1S/C35H38N2O4/c1-5-22-37(23-21-27-24-28(40-3)19-20-33(27)41-4)35(39)32-18-12-10-16-30(32)29-15-9-11-17-31(29)34(38)36(2)25-26-13-7-6-8-14-26/h6-20,24H,5,21-23,25H2,1-4H3. The molecule has 0 bridgehead atoms. The van der Waals surface area contributed by atoms with Crippen molar-refractivity contribution < 1.29 is 19.1 Å². The van der Waals surface area contributed by atoms with Crippen LogP contribution in [-0.2, 0) is 13.0 Å². The van der Waals surface area contributed by atoms with Crippen LogP contribution in [0.4, 0.5) is 0 Å². The number of hydrogen-bond acceptors (Lipinski definition) is 4. The number of rotatable bonds is 12. The molecule has 0 aliphatic heterocycles. The van der Waals surface area contributed by atoms with Gasteiger partial charge in [0.1, 0.15) is 11.5 Å². The van der Waals surface area contributed by atoms with Gasteiger partial charge >= 0.3 is 0 Å². The van der Waals surface area contributed by atoms with Gasteiger partial charge in [0.15, 0.2) is 0 Å². The maximum Gasteiger partial charge on any atom is 0.254 e. The summed E-state index contributed by atoms with van der Waals surface area (Å²) in [5, 5.41) is 0. The fourth-order valence-corrected chi connectivity index (χ4v) is 5.03. The number of nitrogens with zero attached hydrogens (tertiary/aromatic N) is 2. The first kappa shape index (κ1) is 29.4. The Morgan fingerprint density at radius 1 is 0.707 bits per heavy atom. The molecule has 6 nitrogen and oxygen atoms in total. The average molecular weight is 551 g/mol.